The molecule has 154 valence electrons. The summed E-state index contributed by atoms with van der Waals surface area (Å²) >= 11 is 6.14. The number of aliphatic imine (C=N–C) groups is 1. The van der Waals surface area contributed by atoms with Crippen LogP contribution in [0.1, 0.15) is 30.5 Å². The van der Waals surface area contributed by atoms with Gasteiger partial charge in [0.1, 0.15) is 22.2 Å². The Morgan fingerprint density at radius 2 is 1.87 bits per heavy atom. The van der Waals surface area contributed by atoms with Gasteiger partial charge in [0.2, 0.25) is 5.95 Å². The van der Waals surface area contributed by atoms with Gasteiger partial charge in [-0.1, -0.05) is 29.8 Å². The average molecular weight is 429 g/mol. The van der Waals surface area contributed by atoms with Gasteiger partial charge in [0.25, 0.3) is 5.56 Å². The fourth-order valence-electron chi connectivity index (χ4n) is 3.83. The van der Waals surface area contributed by atoms with Crippen LogP contribution < -0.4 is 10.9 Å². The van der Waals surface area contributed by atoms with Gasteiger partial charge in [-0.2, -0.15) is 4.39 Å². The number of benzene rings is 1. The number of aromatic nitrogens is 2. The minimum atomic E-state index is -0.969. The molecule has 1 aliphatic heterocycles. The second-order valence-corrected chi connectivity index (χ2v) is 7.54. The molecular weight excluding hydrogens is 410 g/mol. The molecule has 30 heavy (non-hydrogen) atoms. The van der Waals surface area contributed by atoms with E-state index in [1.54, 1.807) is 30.5 Å². The van der Waals surface area contributed by atoms with Crippen LogP contribution in [0.5, 0.6) is 0 Å². The largest absolute Gasteiger partial charge is 0.364 e. The quantitative estimate of drug-likeness (QED) is 0.642. The molecule has 8 heteroatoms. The highest BCUT2D eigenvalue weighted by Crippen LogP contribution is 2.40. The first-order valence-electron chi connectivity index (χ1n) is 9.50. The number of hydrogen-bond acceptors (Lipinski definition) is 4. The van der Waals surface area contributed by atoms with Crippen LogP contribution >= 0.6 is 11.6 Å². The highest BCUT2D eigenvalue weighted by atomic mass is 35.5. The molecule has 1 aromatic carbocycles. The predicted octanol–water partition coefficient (Wildman–Crippen LogP) is 3.88. The van der Waals surface area contributed by atoms with Gasteiger partial charge < -0.3 is 9.88 Å². The number of amidine groups is 1. The second-order valence-electron chi connectivity index (χ2n) is 7.14. The summed E-state index contributed by atoms with van der Waals surface area (Å²) in [6, 6.07) is 10.2. The molecule has 1 N–H and O–H groups in total. The molecule has 0 fully saturated rings. The van der Waals surface area contributed by atoms with Crippen molar-refractivity contribution in [1.29, 1.82) is 0 Å². The number of nitrogens with zero attached hydrogens (tertiary/aromatic N) is 3. The Morgan fingerprint density at radius 3 is 2.50 bits per heavy atom. The topological polar surface area (TPSA) is 59.3 Å². The number of hydrogen-bond donors (Lipinski definition) is 1. The van der Waals surface area contributed by atoms with Gasteiger partial charge in [-0.05, 0) is 43.7 Å². The number of rotatable bonds is 4. The van der Waals surface area contributed by atoms with E-state index in [1.807, 2.05) is 13.8 Å². The zero-order valence-corrected chi connectivity index (χ0v) is 17.1. The molecule has 5 nitrogen and oxygen atoms in total. The maximum atomic E-state index is 13.6. The molecule has 0 radical (unpaired) electrons. The second kappa shape index (κ2) is 7.65. The zero-order chi connectivity index (χ0) is 21.5. The van der Waals surface area contributed by atoms with Gasteiger partial charge >= 0.3 is 0 Å². The molecule has 2 aromatic heterocycles. The summed E-state index contributed by atoms with van der Waals surface area (Å²) in [7, 11) is 0. The van der Waals surface area contributed by atoms with Gasteiger partial charge in [-0.25, -0.2) is 14.4 Å². The smallest absolute Gasteiger partial charge is 0.269 e. The molecule has 3 aromatic rings. The molecule has 0 amide bonds. The third-order valence-electron chi connectivity index (χ3n) is 5.38. The van der Waals surface area contributed by atoms with Crippen molar-refractivity contribution in [3.63, 3.8) is 0 Å². The van der Waals surface area contributed by atoms with E-state index in [9.17, 15) is 13.6 Å². The van der Waals surface area contributed by atoms with Crippen molar-refractivity contribution in [2.75, 3.05) is 0 Å². The summed E-state index contributed by atoms with van der Waals surface area (Å²) in [4.78, 5) is 20.9. The molecule has 2 atom stereocenters. The van der Waals surface area contributed by atoms with E-state index in [-0.39, 0.29) is 22.4 Å². The first-order valence-corrected chi connectivity index (χ1v) is 9.87. The van der Waals surface area contributed by atoms with Crippen LogP contribution in [0.25, 0.3) is 0 Å². The van der Waals surface area contributed by atoms with Crippen LogP contribution in [0, 0.1) is 11.8 Å². The Hall–Kier alpha value is -3.06. The van der Waals surface area contributed by atoms with Crippen molar-refractivity contribution in [2.24, 2.45) is 4.99 Å². The Labute approximate surface area is 177 Å². The lowest BCUT2D eigenvalue weighted by Crippen LogP contribution is -2.41. The maximum Gasteiger partial charge on any atom is 0.269 e. The van der Waals surface area contributed by atoms with E-state index in [4.69, 9.17) is 16.6 Å². The molecule has 3 heterocycles. The fourth-order valence-corrected chi connectivity index (χ4v) is 4.05. The third-order valence-corrected chi connectivity index (χ3v) is 5.65. The van der Waals surface area contributed by atoms with E-state index in [0.29, 0.717) is 23.5 Å². The predicted molar refractivity (Wildman–Crippen MR) is 112 cm³/mol. The summed E-state index contributed by atoms with van der Waals surface area (Å²) in [5, 5.41) is 3.44. The lowest BCUT2D eigenvalue weighted by molar-refractivity contribution is 0.449. The molecule has 0 saturated carbocycles. The molecule has 1 aliphatic rings. The van der Waals surface area contributed by atoms with Crippen molar-refractivity contribution >= 4 is 17.4 Å². The van der Waals surface area contributed by atoms with E-state index < -0.39 is 11.5 Å². The van der Waals surface area contributed by atoms with Crippen LogP contribution in [0.2, 0.25) is 5.02 Å². The van der Waals surface area contributed by atoms with Gasteiger partial charge in [-0.3, -0.25) is 4.79 Å². The Morgan fingerprint density at radius 1 is 1.17 bits per heavy atom. The molecule has 0 aliphatic carbocycles. The Balaban J connectivity index is 1.93. The SMILES string of the molecule is CCn1cc(C2=N[C@](c3ccc(F)cc3)(c3ccc(F)nc3)[C@H](C)N2)cc(Cl)c1=O. The number of pyridine rings is 2. The molecule has 0 spiro atoms. The minimum absolute atomic E-state index is 0.0919. The molecular formula is C22H19ClF2N4O. The van der Waals surface area contributed by atoms with E-state index in [1.165, 1.54) is 29.0 Å². The number of nitrogens with one attached hydrogen (secondary N) is 1. The molecule has 4 rings (SSSR count). The number of halogens is 3. The first-order chi connectivity index (χ1) is 14.3. The van der Waals surface area contributed by atoms with Crippen LogP contribution in [0.4, 0.5) is 8.78 Å². The van der Waals surface area contributed by atoms with Gasteiger partial charge in [-0.15, -0.1) is 0 Å². The van der Waals surface area contributed by atoms with Gasteiger partial charge in [0.15, 0.2) is 0 Å². The van der Waals surface area contributed by atoms with Gasteiger partial charge in [0.05, 0.1) is 6.04 Å². The van der Waals surface area contributed by atoms with Crippen LogP contribution in [-0.4, -0.2) is 21.4 Å². The molecule has 0 bridgehead atoms. The summed E-state index contributed by atoms with van der Waals surface area (Å²) in [6.07, 6.45) is 3.12. The average Bonchev–Trinajstić information content (AvgIpc) is 3.09. The van der Waals surface area contributed by atoms with Gasteiger partial charge in [0, 0.05) is 30.1 Å². The van der Waals surface area contributed by atoms with Crippen molar-refractivity contribution in [3.8, 4) is 0 Å². The summed E-state index contributed by atoms with van der Waals surface area (Å²) in [6.45, 7) is 4.24. The lowest BCUT2D eigenvalue weighted by Gasteiger charge is -2.31. The molecule has 0 unspecified atom stereocenters. The summed E-state index contributed by atoms with van der Waals surface area (Å²) < 4.78 is 28.6. The molecule has 0 saturated heterocycles. The van der Waals surface area contributed by atoms with Crippen LogP contribution in [0.15, 0.2) is 64.6 Å². The minimum Gasteiger partial charge on any atom is -0.364 e. The standard InChI is InChI=1S/C22H19ClF2N4O/c1-3-29-12-14(10-18(23)21(29)30)20-27-13(2)22(28-20,15-4-7-17(24)8-5-15)16-6-9-19(25)26-11-16/h4-13H,3H2,1-2H3,(H,27,28)/t13-,22+/m0/s1. The zero-order valence-electron chi connectivity index (χ0n) is 16.4. The monoisotopic (exact) mass is 428 g/mol. The van der Waals surface area contributed by atoms with Crippen molar-refractivity contribution in [3.05, 3.63) is 98.7 Å². The maximum absolute atomic E-state index is 13.6. The van der Waals surface area contributed by atoms with Crippen molar-refractivity contribution in [2.45, 2.75) is 32.0 Å². The van der Waals surface area contributed by atoms with E-state index >= 15 is 0 Å². The van der Waals surface area contributed by atoms with Crippen LogP contribution in [0.3, 0.4) is 0 Å². The van der Waals surface area contributed by atoms with E-state index in [0.717, 1.165) is 5.56 Å². The Bertz CT molecular complexity index is 1130. The fraction of sp³-hybridized carbons (Fsp3) is 0.227. The highest BCUT2D eigenvalue weighted by Gasteiger charge is 2.45. The summed E-state index contributed by atoms with van der Waals surface area (Å²) in [5.41, 5.74) is 0.778. The lowest BCUT2D eigenvalue weighted by atomic mass is 9.79. The first kappa shape index (κ1) is 20.2. The summed E-state index contributed by atoms with van der Waals surface area (Å²) in [5.74, 6) is -0.436. The van der Waals surface area contributed by atoms with E-state index in [2.05, 4.69) is 10.3 Å². The Kier molecular flexibility index (Phi) is 5.15. The van der Waals surface area contributed by atoms with Crippen molar-refractivity contribution < 1.29 is 8.78 Å². The van der Waals surface area contributed by atoms with Crippen molar-refractivity contribution in [1.82, 2.24) is 14.9 Å². The van der Waals surface area contributed by atoms with Crippen LogP contribution in [-0.2, 0) is 12.1 Å². The normalized spacial score (nSPS) is 20.7. The third kappa shape index (κ3) is 3.29. The highest BCUT2D eigenvalue weighted by molar-refractivity contribution is 6.30. The number of aryl methyl sites for hydroxylation is 1.